The molecule has 0 bridgehead atoms. The summed E-state index contributed by atoms with van der Waals surface area (Å²) in [6, 6.07) is 5.13. The molecule has 8 nitrogen and oxygen atoms in total. The van der Waals surface area contributed by atoms with Crippen LogP contribution in [0.2, 0.25) is 0 Å². The summed E-state index contributed by atoms with van der Waals surface area (Å²) >= 11 is 0. The molecule has 1 N–H and O–H groups in total. The fourth-order valence-electron chi connectivity index (χ4n) is 2.58. The number of rotatable bonds is 4. The Balaban J connectivity index is 1.69. The maximum atomic E-state index is 12.1. The molecule has 0 unspecified atom stereocenters. The highest BCUT2D eigenvalue weighted by molar-refractivity contribution is 5.68. The van der Waals surface area contributed by atoms with Gasteiger partial charge in [-0.15, -0.1) is 0 Å². The van der Waals surface area contributed by atoms with Crippen LogP contribution in [0.25, 0.3) is 11.3 Å². The van der Waals surface area contributed by atoms with Crippen LogP contribution in [0.4, 0.5) is 10.7 Å². The molecule has 3 heterocycles. The summed E-state index contributed by atoms with van der Waals surface area (Å²) in [5.74, 6) is 0.816. The lowest BCUT2D eigenvalue weighted by Gasteiger charge is -2.38. The number of hydrogen-bond donors (Lipinski definition) is 1. The third-order valence-electron chi connectivity index (χ3n) is 4.05. The summed E-state index contributed by atoms with van der Waals surface area (Å²) in [7, 11) is 3.05. The lowest BCUT2D eigenvalue weighted by Crippen LogP contribution is -2.52. The molecule has 126 valence electrons. The summed E-state index contributed by atoms with van der Waals surface area (Å²) < 4.78 is 6.14. The van der Waals surface area contributed by atoms with E-state index in [1.54, 1.807) is 24.3 Å². The molecule has 3 rings (SSSR count). The quantitative estimate of drug-likeness (QED) is 0.898. The van der Waals surface area contributed by atoms with Gasteiger partial charge in [0.15, 0.2) is 0 Å². The number of aromatic nitrogens is 3. The number of likely N-dealkylation sites (tertiary alicyclic amines) is 1. The number of nitrogens with one attached hydrogen (secondary N) is 1. The van der Waals surface area contributed by atoms with E-state index in [0.29, 0.717) is 37.2 Å². The second-order valence-electron chi connectivity index (χ2n) is 5.72. The lowest BCUT2D eigenvalue weighted by molar-refractivity contribution is 0.0716. The second-order valence-corrected chi connectivity index (χ2v) is 5.72. The number of hydrogen-bond acceptors (Lipinski definition) is 6. The van der Waals surface area contributed by atoms with E-state index in [4.69, 9.17) is 0 Å². The van der Waals surface area contributed by atoms with Crippen LogP contribution < -0.4 is 10.9 Å². The Morgan fingerprint density at radius 1 is 1.38 bits per heavy atom. The molecule has 24 heavy (non-hydrogen) atoms. The second kappa shape index (κ2) is 6.69. The largest absolute Gasteiger partial charge is 0.453 e. The average molecular weight is 329 g/mol. The molecule has 1 amide bonds. The van der Waals surface area contributed by atoms with E-state index in [2.05, 4.69) is 20.0 Å². The first-order valence-corrected chi connectivity index (χ1v) is 7.63. The van der Waals surface area contributed by atoms with Gasteiger partial charge in [0.25, 0.3) is 5.56 Å². The van der Waals surface area contributed by atoms with Crippen LogP contribution in [-0.4, -0.2) is 52.3 Å². The van der Waals surface area contributed by atoms with Gasteiger partial charge >= 0.3 is 6.09 Å². The first-order valence-electron chi connectivity index (χ1n) is 7.63. The Hall–Kier alpha value is -2.90. The van der Waals surface area contributed by atoms with Crippen molar-refractivity contribution in [2.24, 2.45) is 13.0 Å². The topological polar surface area (TPSA) is 89.3 Å². The van der Waals surface area contributed by atoms with Crippen molar-refractivity contribution in [2.75, 3.05) is 32.1 Å². The van der Waals surface area contributed by atoms with Crippen molar-refractivity contribution in [1.29, 1.82) is 0 Å². The average Bonchev–Trinajstić information content (AvgIpc) is 2.57. The molecule has 1 aliphatic rings. The van der Waals surface area contributed by atoms with Gasteiger partial charge in [0.2, 0.25) is 5.95 Å². The van der Waals surface area contributed by atoms with E-state index in [0.717, 1.165) is 5.56 Å². The van der Waals surface area contributed by atoms with Crippen LogP contribution in [0.3, 0.4) is 0 Å². The summed E-state index contributed by atoms with van der Waals surface area (Å²) in [4.78, 5) is 33.6. The Bertz CT molecular complexity index is 784. The number of nitrogens with zero attached hydrogens (tertiary/aromatic N) is 4. The van der Waals surface area contributed by atoms with Crippen molar-refractivity contribution in [3.8, 4) is 11.3 Å². The van der Waals surface area contributed by atoms with Crippen LogP contribution >= 0.6 is 0 Å². The van der Waals surface area contributed by atoms with E-state index < -0.39 is 0 Å². The highest BCUT2D eigenvalue weighted by Crippen LogP contribution is 2.18. The van der Waals surface area contributed by atoms with Crippen molar-refractivity contribution < 1.29 is 9.53 Å². The van der Waals surface area contributed by atoms with Crippen molar-refractivity contribution in [3.05, 3.63) is 40.9 Å². The Morgan fingerprint density at radius 2 is 2.08 bits per heavy atom. The van der Waals surface area contributed by atoms with Gasteiger partial charge in [-0.1, -0.05) is 0 Å². The number of methoxy groups -OCH3 is 1. The minimum absolute atomic E-state index is 0.135. The molecular weight excluding hydrogens is 310 g/mol. The molecule has 0 radical (unpaired) electrons. The number of pyridine rings is 1. The number of amides is 1. The Kier molecular flexibility index (Phi) is 4.45. The number of ether oxygens (including phenoxy) is 1. The molecule has 0 aliphatic carbocycles. The van der Waals surface area contributed by atoms with Gasteiger partial charge in [0.05, 0.1) is 12.8 Å². The summed E-state index contributed by atoms with van der Waals surface area (Å²) in [5.41, 5.74) is 1.31. The van der Waals surface area contributed by atoms with Gasteiger partial charge in [-0.2, -0.15) is 0 Å². The van der Waals surface area contributed by atoms with Crippen LogP contribution in [0.1, 0.15) is 0 Å². The zero-order chi connectivity index (χ0) is 17.1. The van der Waals surface area contributed by atoms with E-state index >= 15 is 0 Å². The zero-order valence-corrected chi connectivity index (χ0v) is 13.6. The molecule has 1 fully saturated rings. The third kappa shape index (κ3) is 3.22. The minimum Gasteiger partial charge on any atom is -0.453 e. The standard InChI is InChI=1S/C16H19N5O3/c1-20-14(22)7-13(12-3-5-17-6-4-12)19-15(20)18-8-11-9-21(10-11)16(23)24-2/h3-7,11H,8-10H2,1-2H3,(H,18,19). The highest BCUT2D eigenvalue weighted by Gasteiger charge is 2.31. The highest BCUT2D eigenvalue weighted by atomic mass is 16.5. The van der Waals surface area contributed by atoms with Gasteiger partial charge in [-0.3, -0.25) is 14.3 Å². The predicted octanol–water partition coefficient (Wildman–Crippen LogP) is 0.952. The third-order valence-corrected chi connectivity index (χ3v) is 4.05. The number of anilines is 1. The van der Waals surface area contributed by atoms with Crippen LogP contribution in [0.5, 0.6) is 0 Å². The monoisotopic (exact) mass is 329 g/mol. The molecule has 0 atom stereocenters. The predicted molar refractivity (Wildman–Crippen MR) is 88.7 cm³/mol. The Labute approximate surface area is 139 Å². The van der Waals surface area contributed by atoms with E-state index in [1.165, 1.54) is 17.7 Å². The molecule has 0 aromatic carbocycles. The smallest absolute Gasteiger partial charge is 0.409 e. The van der Waals surface area contributed by atoms with Crippen molar-refractivity contribution in [2.45, 2.75) is 0 Å². The first kappa shape index (κ1) is 16.0. The van der Waals surface area contributed by atoms with E-state index in [-0.39, 0.29) is 11.7 Å². The lowest BCUT2D eigenvalue weighted by atomic mass is 10.0. The molecule has 0 spiro atoms. The fourth-order valence-corrected chi connectivity index (χ4v) is 2.58. The van der Waals surface area contributed by atoms with Crippen LogP contribution in [0, 0.1) is 5.92 Å². The first-order chi connectivity index (χ1) is 11.6. The molecular formula is C16H19N5O3. The van der Waals surface area contributed by atoms with Crippen molar-refractivity contribution in [3.63, 3.8) is 0 Å². The number of carbonyl (C=O) groups is 1. The maximum Gasteiger partial charge on any atom is 0.409 e. The molecule has 1 aliphatic heterocycles. The van der Waals surface area contributed by atoms with Gasteiger partial charge in [0.1, 0.15) is 0 Å². The minimum atomic E-state index is -0.309. The molecule has 8 heteroatoms. The fraction of sp³-hybridized carbons (Fsp3) is 0.375. The summed E-state index contributed by atoms with van der Waals surface area (Å²) in [6.45, 7) is 1.91. The van der Waals surface area contributed by atoms with E-state index in [1.807, 2.05) is 12.1 Å². The van der Waals surface area contributed by atoms with Gasteiger partial charge in [-0.05, 0) is 12.1 Å². The van der Waals surface area contributed by atoms with Crippen molar-refractivity contribution in [1.82, 2.24) is 19.4 Å². The van der Waals surface area contributed by atoms with Gasteiger partial charge in [-0.25, -0.2) is 9.78 Å². The number of carbonyl (C=O) groups excluding carboxylic acids is 1. The van der Waals surface area contributed by atoms with Crippen molar-refractivity contribution >= 4 is 12.0 Å². The van der Waals surface area contributed by atoms with Crippen LogP contribution in [-0.2, 0) is 11.8 Å². The van der Waals surface area contributed by atoms with Crippen LogP contribution in [0.15, 0.2) is 35.4 Å². The van der Waals surface area contributed by atoms with Gasteiger partial charge in [0, 0.05) is 56.6 Å². The molecule has 2 aromatic rings. The molecule has 0 saturated carbocycles. The Morgan fingerprint density at radius 3 is 2.75 bits per heavy atom. The molecule has 1 saturated heterocycles. The normalized spacial score (nSPS) is 14.2. The zero-order valence-electron chi connectivity index (χ0n) is 13.6. The van der Waals surface area contributed by atoms with E-state index in [9.17, 15) is 9.59 Å². The SMILES string of the molecule is COC(=O)N1CC(CNc2nc(-c3ccncc3)cc(=O)n2C)C1. The summed E-state index contributed by atoms with van der Waals surface area (Å²) in [6.07, 6.45) is 3.02. The molecule has 2 aromatic heterocycles. The summed E-state index contributed by atoms with van der Waals surface area (Å²) in [5, 5.41) is 3.20. The van der Waals surface area contributed by atoms with Gasteiger partial charge < -0.3 is 15.0 Å². The maximum absolute atomic E-state index is 12.1.